The van der Waals surface area contributed by atoms with Gasteiger partial charge in [0.25, 0.3) is 0 Å². The molecule has 0 spiro atoms. The second kappa shape index (κ2) is 4.87. The van der Waals surface area contributed by atoms with Crippen LogP contribution in [0.5, 0.6) is 0 Å². The summed E-state index contributed by atoms with van der Waals surface area (Å²) < 4.78 is 0. The van der Waals surface area contributed by atoms with E-state index in [9.17, 15) is 0 Å². The molecule has 1 heterocycles. The average Bonchev–Trinajstić information content (AvgIpc) is 2.71. The molecule has 3 nitrogen and oxygen atoms in total. The lowest BCUT2D eigenvalue weighted by atomic mass is 10.1. The number of aromatic amines is 1. The zero-order valence-electron chi connectivity index (χ0n) is 8.37. The molecule has 84 valence electrons. The second-order valence-electron chi connectivity index (χ2n) is 3.44. The Hall–Kier alpha value is -1.03. The third-order valence-electron chi connectivity index (χ3n) is 2.21. The maximum atomic E-state index is 8.89. The summed E-state index contributed by atoms with van der Waals surface area (Å²) in [5.41, 5.74) is 1.73. The van der Waals surface area contributed by atoms with Crippen LogP contribution < -0.4 is 0 Å². The quantitative estimate of drug-likeness (QED) is 0.888. The lowest BCUT2D eigenvalue weighted by molar-refractivity contribution is 0.277. The van der Waals surface area contributed by atoms with Gasteiger partial charge in [-0.2, -0.15) is 0 Å². The number of aliphatic hydroxyl groups excluding tert-OH is 1. The fraction of sp³-hybridized carbons (Fsp3) is 0.182. The molecule has 2 aromatic rings. The third kappa shape index (κ3) is 2.55. The molecule has 0 radical (unpaired) electrons. The van der Waals surface area contributed by atoms with Crippen LogP contribution >= 0.6 is 23.2 Å². The average molecular weight is 257 g/mol. The Kier molecular flexibility index (Phi) is 3.49. The molecule has 2 N–H and O–H groups in total. The summed E-state index contributed by atoms with van der Waals surface area (Å²) in [5.74, 6) is 0.794. The Labute approximate surface area is 103 Å². The molecule has 16 heavy (non-hydrogen) atoms. The number of rotatable bonds is 3. The lowest BCUT2D eigenvalue weighted by Gasteiger charge is -2.01. The molecule has 0 aliphatic heterocycles. The Morgan fingerprint density at radius 1 is 1.25 bits per heavy atom. The van der Waals surface area contributed by atoms with Crippen LogP contribution in [0.4, 0.5) is 0 Å². The summed E-state index contributed by atoms with van der Waals surface area (Å²) >= 11 is 11.7. The molecule has 0 amide bonds. The minimum atomic E-state index is -0.0334. The van der Waals surface area contributed by atoms with Crippen LogP contribution in [0, 0.1) is 0 Å². The minimum Gasteiger partial charge on any atom is -0.390 e. The van der Waals surface area contributed by atoms with Gasteiger partial charge in [-0.1, -0.05) is 29.3 Å². The first kappa shape index (κ1) is 11.5. The summed E-state index contributed by atoms with van der Waals surface area (Å²) in [4.78, 5) is 7.15. The minimum absolute atomic E-state index is 0.0334. The van der Waals surface area contributed by atoms with Crippen LogP contribution in [0.1, 0.15) is 17.1 Å². The van der Waals surface area contributed by atoms with E-state index in [-0.39, 0.29) is 6.61 Å². The topological polar surface area (TPSA) is 48.9 Å². The van der Waals surface area contributed by atoms with Gasteiger partial charge in [0.15, 0.2) is 0 Å². The SMILES string of the molecule is OCc1cnc(Cc2ccc(Cl)c(Cl)c2)[nH]1. The molecule has 0 saturated carbocycles. The Morgan fingerprint density at radius 2 is 2.06 bits per heavy atom. The molecule has 0 aliphatic rings. The van der Waals surface area contributed by atoms with Crippen molar-refractivity contribution in [3.05, 3.63) is 51.5 Å². The van der Waals surface area contributed by atoms with Crippen LogP contribution in [0.25, 0.3) is 0 Å². The summed E-state index contributed by atoms with van der Waals surface area (Å²) in [6, 6.07) is 5.47. The number of nitrogens with zero attached hydrogens (tertiary/aromatic N) is 1. The van der Waals surface area contributed by atoms with Crippen molar-refractivity contribution in [1.82, 2.24) is 9.97 Å². The van der Waals surface area contributed by atoms with E-state index in [4.69, 9.17) is 28.3 Å². The molecule has 0 fully saturated rings. The number of halogens is 2. The van der Waals surface area contributed by atoms with Gasteiger partial charge in [0.2, 0.25) is 0 Å². The van der Waals surface area contributed by atoms with Crippen molar-refractivity contribution < 1.29 is 5.11 Å². The highest BCUT2D eigenvalue weighted by Gasteiger charge is 2.03. The van der Waals surface area contributed by atoms with Crippen LogP contribution in [0.3, 0.4) is 0 Å². The number of aliphatic hydroxyl groups is 1. The second-order valence-corrected chi connectivity index (χ2v) is 4.25. The Bertz CT molecular complexity index is 496. The maximum absolute atomic E-state index is 8.89. The van der Waals surface area contributed by atoms with E-state index in [1.807, 2.05) is 12.1 Å². The van der Waals surface area contributed by atoms with Gasteiger partial charge < -0.3 is 10.1 Å². The Balaban J connectivity index is 2.17. The number of nitrogens with one attached hydrogen (secondary N) is 1. The van der Waals surface area contributed by atoms with E-state index < -0.39 is 0 Å². The molecule has 0 saturated heterocycles. The van der Waals surface area contributed by atoms with Crippen molar-refractivity contribution in [2.24, 2.45) is 0 Å². The first-order valence-electron chi connectivity index (χ1n) is 4.76. The predicted octanol–water partition coefficient (Wildman–Crippen LogP) is 2.80. The fourth-order valence-electron chi connectivity index (χ4n) is 1.42. The highest BCUT2D eigenvalue weighted by Crippen LogP contribution is 2.23. The van der Waals surface area contributed by atoms with E-state index in [1.54, 1.807) is 12.3 Å². The van der Waals surface area contributed by atoms with Crippen LogP contribution in [-0.4, -0.2) is 15.1 Å². The maximum Gasteiger partial charge on any atom is 0.110 e. The van der Waals surface area contributed by atoms with Crippen molar-refractivity contribution in [3.8, 4) is 0 Å². The van der Waals surface area contributed by atoms with Gasteiger partial charge in [-0.25, -0.2) is 4.98 Å². The predicted molar refractivity (Wildman–Crippen MR) is 63.8 cm³/mol. The van der Waals surface area contributed by atoms with Gasteiger partial charge in [-0.3, -0.25) is 0 Å². The molecule has 2 rings (SSSR count). The zero-order chi connectivity index (χ0) is 11.5. The number of imidazole rings is 1. The van der Waals surface area contributed by atoms with Crippen molar-refractivity contribution in [2.75, 3.05) is 0 Å². The first-order chi connectivity index (χ1) is 7.69. The number of hydrogen-bond acceptors (Lipinski definition) is 2. The summed E-state index contributed by atoms with van der Waals surface area (Å²) in [6.07, 6.45) is 2.25. The monoisotopic (exact) mass is 256 g/mol. The third-order valence-corrected chi connectivity index (χ3v) is 2.95. The van der Waals surface area contributed by atoms with Crippen LogP contribution in [0.15, 0.2) is 24.4 Å². The van der Waals surface area contributed by atoms with Gasteiger partial charge in [0.05, 0.1) is 28.5 Å². The number of H-pyrrole nitrogens is 1. The molecule has 0 atom stereocenters. The molecule has 1 aromatic carbocycles. The first-order valence-corrected chi connectivity index (χ1v) is 5.52. The number of benzene rings is 1. The molecule has 1 aromatic heterocycles. The number of hydrogen-bond donors (Lipinski definition) is 2. The molecular weight excluding hydrogens is 247 g/mol. The fourth-order valence-corrected chi connectivity index (χ4v) is 1.74. The number of aromatic nitrogens is 2. The largest absolute Gasteiger partial charge is 0.390 e. The lowest BCUT2D eigenvalue weighted by Crippen LogP contribution is -1.91. The van der Waals surface area contributed by atoms with Crippen molar-refractivity contribution in [3.63, 3.8) is 0 Å². The highest BCUT2D eigenvalue weighted by atomic mass is 35.5. The van der Waals surface area contributed by atoms with Crippen LogP contribution in [0.2, 0.25) is 10.0 Å². The smallest absolute Gasteiger partial charge is 0.110 e. The van der Waals surface area contributed by atoms with Gasteiger partial charge in [-0.15, -0.1) is 0 Å². The summed E-state index contributed by atoms with van der Waals surface area (Å²) in [6.45, 7) is -0.0334. The van der Waals surface area contributed by atoms with E-state index in [1.165, 1.54) is 0 Å². The van der Waals surface area contributed by atoms with Crippen molar-refractivity contribution >= 4 is 23.2 Å². The Morgan fingerprint density at radius 3 is 2.69 bits per heavy atom. The standard InChI is InChI=1S/C11H10Cl2N2O/c12-9-2-1-7(3-10(9)13)4-11-14-5-8(6-16)15-11/h1-3,5,16H,4,6H2,(H,14,15). The summed E-state index contributed by atoms with van der Waals surface area (Å²) in [7, 11) is 0. The molecule has 0 bridgehead atoms. The molecule has 0 aliphatic carbocycles. The normalized spacial score (nSPS) is 10.7. The van der Waals surface area contributed by atoms with E-state index >= 15 is 0 Å². The van der Waals surface area contributed by atoms with Crippen molar-refractivity contribution in [1.29, 1.82) is 0 Å². The van der Waals surface area contributed by atoms with Crippen molar-refractivity contribution in [2.45, 2.75) is 13.0 Å². The molecular formula is C11H10Cl2N2O. The highest BCUT2D eigenvalue weighted by molar-refractivity contribution is 6.42. The van der Waals surface area contributed by atoms with Gasteiger partial charge in [-0.05, 0) is 17.7 Å². The van der Waals surface area contributed by atoms with E-state index in [0.29, 0.717) is 22.2 Å². The summed E-state index contributed by atoms with van der Waals surface area (Å²) in [5, 5.41) is 9.97. The van der Waals surface area contributed by atoms with E-state index in [2.05, 4.69) is 9.97 Å². The zero-order valence-corrected chi connectivity index (χ0v) is 9.89. The van der Waals surface area contributed by atoms with E-state index in [0.717, 1.165) is 11.4 Å². The van der Waals surface area contributed by atoms with Gasteiger partial charge >= 0.3 is 0 Å². The van der Waals surface area contributed by atoms with Gasteiger partial charge in [0.1, 0.15) is 5.82 Å². The van der Waals surface area contributed by atoms with Crippen LogP contribution in [-0.2, 0) is 13.0 Å². The molecule has 5 heteroatoms. The van der Waals surface area contributed by atoms with Gasteiger partial charge in [0, 0.05) is 6.42 Å². The molecule has 0 unspecified atom stereocenters.